The lowest BCUT2D eigenvalue weighted by Crippen LogP contribution is -2.31. The van der Waals surface area contributed by atoms with Gasteiger partial charge in [-0.25, -0.2) is 0 Å². The van der Waals surface area contributed by atoms with Gasteiger partial charge in [-0.3, -0.25) is 0 Å². The SMILES string of the molecule is CCC(N)C(Oc1cccc(Br)c1)c1ccco1. The summed E-state index contributed by atoms with van der Waals surface area (Å²) < 4.78 is 12.3. The molecule has 18 heavy (non-hydrogen) atoms. The minimum Gasteiger partial charge on any atom is -0.481 e. The fourth-order valence-electron chi connectivity index (χ4n) is 1.71. The van der Waals surface area contributed by atoms with Crippen LogP contribution in [0.3, 0.4) is 0 Å². The van der Waals surface area contributed by atoms with E-state index in [1.165, 1.54) is 0 Å². The second-order valence-electron chi connectivity index (χ2n) is 4.08. The maximum absolute atomic E-state index is 6.10. The molecular weight excluding hydrogens is 294 g/mol. The number of hydrogen-bond acceptors (Lipinski definition) is 3. The van der Waals surface area contributed by atoms with Gasteiger partial charge in [-0.05, 0) is 36.8 Å². The zero-order valence-corrected chi connectivity index (χ0v) is 11.8. The average molecular weight is 310 g/mol. The minimum atomic E-state index is -0.265. The van der Waals surface area contributed by atoms with Gasteiger partial charge < -0.3 is 14.9 Å². The van der Waals surface area contributed by atoms with Crippen LogP contribution in [0.5, 0.6) is 5.75 Å². The number of benzene rings is 1. The van der Waals surface area contributed by atoms with Crippen LogP contribution in [0.25, 0.3) is 0 Å². The lowest BCUT2D eigenvalue weighted by atomic mass is 10.1. The lowest BCUT2D eigenvalue weighted by molar-refractivity contribution is 0.144. The summed E-state index contributed by atoms with van der Waals surface area (Å²) in [5.41, 5.74) is 6.10. The first-order chi connectivity index (χ1) is 8.70. The van der Waals surface area contributed by atoms with E-state index in [-0.39, 0.29) is 12.1 Å². The lowest BCUT2D eigenvalue weighted by Gasteiger charge is -2.22. The number of rotatable bonds is 5. The monoisotopic (exact) mass is 309 g/mol. The molecule has 2 unspecified atom stereocenters. The highest BCUT2D eigenvalue weighted by atomic mass is 79.9. The van der Waals surface area contributed by atoms with Gasteiger partial charge in [0.05, 0.1) is 6.26 Å². The van der Waals surface area contributed by atoms with Gasteiger partial charge in [0.15, 0.2) is 6.10 Å². The predicted octanol–water partition coefficient (Wildman–Crippen LogP) is 3.90. The first kappa shape index (κ1) is 13.2. The molecular formula is C14H16BrNO2. The number of nitrogens with two attached hydrogens (primary N) is 1. The van der Waals surface area contributed by atoms with Gasteiger partial charge in [-0.2, -0.15) is 0 Å². The van der Waals surface area contributed by atoms with Crippen LogP contribution in [0, 0.1) is 0 Å². The van der Waals surface area contributed by atoms with Crippen LogP contribution in [-0.2, 0) is 0 Å². The Labute approximate surface area is 115 Å². The summed E-state index contributed by atoms with van der Waals surface area (Å²) in [6.45, 7) is 2.03. The molecule has 0 saturated carbocycles. The molecule has 0 spiro atoms. The van der Waals surface area contributed by atoms with Crippen molar-refractivity contribution in [3.63, 3.8) is 0 Å². The van der Waals surface area contributed by atoms with Gasteiger partial charge in [0.25, 0.3) is 0 Å². The summed E-state index contributed by atoms with van der Waals surface area (Å²) in [7, 11) is 0. The van der Waals surface area contributed by atoms with Gasteiger partial charge >= 0.3 is 0 Å². The van der Waals surface area contributed by atoms with Crippen LogP contribution in [-0.4, -0.2) is 6.04 Å². The molecule has 1 aromatic heterocycles. The maximum Gasteiger partial charge on any atom is 0.171 e. The summed E-state index contributed by atoms with van der Waals surface area (Å²) in [6.07, 6.45) is 2.19. The zero-order chi connectivity index (χ0) is 13.0. The topological polar surface area (TPSA) is 48.4 Å². The van der Waals surface area contributed by atoms with E-state index in [1.54, 1.807) is 6.26 Å². The van der Waals surface area contributed by atoms with Crippen molar-refractivity contribution < 1.29 is 9.15 Å². The van der Waals surface area contributed by atoms with E-state index in [1.807, 2.05) is 43.3 Å². The van der Waals surface area contributed by atoms with Crippen molar-refractivity contribution in [2.45, 2.75) is 25.5 Å². The number of furan rings is 1. The summed E-state index contributed by atoms with van der Waals surface area (Å²) >= 11 is 3.42. The highest BCUT2D eigenvalue weighted by Gasteiger charge is 2.23. The third kappa shape index (κ3) is 3.15. The first-order valence-electron chi connectivity index (χ1n) is 5.92. The Bertz CT molecular complexity index is 484. The van der Waals surface area contributed by atoms with E-state index < -0.39 is 0 Å². The Morgan fingerprint density at radius 2 is 2.17 bits per heavy atom. The highest BCUT2D eigenvalue weighted by molar-refractivity contribution is 9.10. The average Bonchev–Trinajstić information content (AvgIpc) is 2.89. The van der Waals surface area contributed by atoms with E-state index in [4.69, 9.17) is 14.9 Å². The second kappa shape index (κ2) is 6.07. The van der Waals surface area contributed by atoms with Gasteiger partial charge in [0.1, 0.15) is 11.5 Å². The molecule has 3 nitrogen and oxygen atoms in total. The second-order valence-corrected chi connectivity index (χ2v) is 5.00. The molecule has 1 heterocycles. The van der Waals surface area contributed by atoms with Crippen LogP contribution in [0.1, 0.15) is 25.2 Å². The third-order valence-electron chi connectivity index (χ3n) is 2.74. The van der Waals surface area contributed by atoms with Crippen molar-refractivity contribution in [3.05, 3.63) is 52.9 Å². The van der Waals surface area contributed by atoms with Crippen molar-refractivity contribution >= 4 is 15.9 Å². The van der Waals surface area contributed by atoms with Gasteiger partial charge in [-0.15, -0.1) is 0 Å². The number of ether oxygens (including phenoxy) is 1. The van der Waals surface area contributed by atoms with E-state index >= 15 is 0 Å². The molecule has 0 fully saturated rings. The Kier molecular flexibility index (Phi) is 4.44. The van der Waals surface area contributed by atoms with Crippen molar-refractivity contribution in [2.24, 2.45) is 5.73 Å². The standard InChI is InChI=1S/C14H16BrNO2/c1-2-12(16)14(13-7-4-8-17-13)18-11-6-3-5-10(15)9-11/h3-9,12,14H,2,16H2,1H3. The van der Waals surface area contributed by atoms with Crippen LogP contribution in [0.2, 0.25) is 0 Å². The van der Waals surface area contributed by atoms with Crippen molar-refractivity contribution in [1.82, 2.24) is 0 Å². The molecule has 2 N–H and O–H groups in total. The van der Waals surface area contributed by atoms with Crippen molar-refractivity contribution in [3.8, 4) is 5.75 Å². The molecule has 4 heteroatoms. The molecule has 2 atom stereocenters. The van der Waals surface area contributed by atoms with E-state index in [2.05, 4.69) is 15.9 Å². The number of halogens is 1. The smallest absolute Gasteiger partial charge is 0.171 e. The van der Waals surface area contributed by atoms with Crippen LogP contribution in [0.4, 0.5) is 0 Å². The molecule has 0 aliphatic heterocycles. The highest BCUT2D eigenvalue weighted by Crippen LogP contribution is 2.27. The van der Waals surface area contributed by atoms with Gasteiger partial charge in [0.2, 0.25) is 0 Å². The van der Waals surface area contributed by atoms with Gasteiger partial charge in [0, 0.05) is 10.5 Å². The molecule has 0 amide bonds. The Hall–Kier alpha value is -1.26. The van der Waals surface area contributed by atoms with Crippen LogP contribution < -0.4 is 10.5 Å². The van der Waals surface area contributed by atoms with E-state index in [0.717, 1.165) is 22.4 Å². The van der Waals surface area contributed by atoms with Crippen LogP contribution in [0.15, 0.2) is 51.6 Å². The number of hydrogen-bond donors (Lipinski definition) is 1. The fourth-order valence-corrected chi connectivity index (χ4v) is 2.09. The Morgan fingerprint density at radius 3 is 2.78 bits per heavy atom. The fraction of sp³-hybridized carbons (Fsp3) is 0.286. The summed E-state index contributed by atoms with van der Waals surface area (Å²) in [5, 5.41) is 0. The molecule has 96 valence electrons. The molecule has 1 aromatic carbocycles. The molecule has 0 radical (unpaired) electrons. The summed E-state index contributed by atoms with van der Waals surface area (Å²) in [6, 6.07) is 11.3. The largest absolute Gasteiger partial charge is 0.481 e. The summed E-state index contributed by atoms with van der Waals surface area (Å²) in [5.74, 6) is 1.53. The Balaban J connectivity index is 2.20. The summed E-state index contributed by atoms with van der Waals surface area (Å²) in [4.78, 5) is 0. The molecule has 0 bridgehead atoms. The maximum atomic E-state index is 6.10. The molecule has 0 saturated heterocycles. The predicted molar refractivity (Wildman–Crippen MR) is 74.5 cm³/mol. The van der Waals surface area contributed by atoms with Gasteiger partial charge in [-0.1, -0.05) is 28.9 Å². The van der Waals surface area contributed by atoms with E-state index in [0.29, 0.717) is 0 Å². The normalized spacial score (nSPS) is 14.2. The third-order valence-corrected chi connectivity index (χ3v) is 3.24. The molecule has 2 rings (SSSR count). The minimum absolute atomic E-state index is 0.102. The Morgan fingerprint density at radius 1 is 1.33 bits per heavy atom. The molecule has 0 aliphatic rings. The van der Waals surface area contributed by atoms with Crippen molar-refractivity contribution in [1.29, 1.82) is 0 Å². The van der Waals surface area contributed by atoms with E-state index in [9.17, 15) is 0 Å². The van der Waals surface area contributed by atoms with Crippen LogP contribution >= 0.6 is 15.9 Å². The molecule has 0 aliphatic carbocycles. The van der Waals surface area contributed by atoms with Crippen molar-refractivity contribution in [2.75, 3.05) is 0 Å². The molecule has 2 aromatic rings. The zero-order valence-electron chi connectivity index (χ0n) is 10.2. The quantitative estimate of drug-likeness (QED) is 0.911. The first-order valence-corrected chi connectivity index (χ1v) is 6.71.